The number of methoxy groups -OCH3 is 2. The summed E-state index contributed by atoms with van der Waals surface area (Å²) in [7, 11) is 4.72. The molecule has 1 N–H and O–H groups in total. The summed E-state index contributed by atoms with van der Waals surface area (Å²) in [6.45, 7) is 0.150. The number of likely N-dealkylation sites (N-methyl/N-ethyl adjacent to an activating group) is 1. The van der Waals surface area contributed by atoms with Crippen LogP contribution in [0.5, 0.6) is 11.5 Å². The van der Waals surface area contributed by atoms with E-state index < -0.39 is 6.10 Å². The molecule has 0 spiro atoms. The zero-order chi connectivity index (χ0) is 17.7. The topological polar surface area (TPSA) is 59.0 Å². The molecular weight excluding hydrogens is 330 g/mol. The Morgan fingerprint density at radius 3 is 2.33 bits per heavy atom. The molecule has 0 fully saturated rings. The first-order chi connectivity index (χ1) is 11.5. The van der Waals surface area contributed by atoms with Gasteiger partial charge in [0.15, 0.2) is 11.5 Å². The van der Waals surface area contributed by atoms with Gasteiger partial charge in [-0.2, -0.15) is 0 Å². The molecule has 0 aromatic heterocycles. The molecule has 2 aromatic rings. The number of hydrogen-bond donors (Lipinski definition) is 1. The van der Waals surface area contributed by atoms with Crippen molar-refractivity contribution in [3.8, 4) is 11.5 Å². The van der Waals surface area contributed by atoms with Gasteiger partial charge in [-0.25, -0.2) is 0 Å². The molecule has 128 valence electrons. The third-order valence-electron chi connectivity index (χ3n) is 3.68. The fourth-order valence-corrected chi connectivity index (χ4v) is 2.45. The maximum absolute atomic E-state index is 12.4. The van der Waals surface area contributed by atoms with Gasteiger partial charge in [0.25, 0.3) is 5.91 Å². The Morgan fingerprint density at radius 2 is 1.75 bits per heavy atom. The van der Waals surface area contributed by atoms with E-state index in [0.717, 1.165) is 0 Å². The second-order valence-electron chi connectivity index (χ2n) is 5.32. The fraction of sp³-hybridized carbons (Fsp3) is 0.278. The summed E-state index contributed by atoms with van der Waals surface area (Å²) in [5.74, 6) is 0.922. The molecule has 1 amide bonds. The second kappa shape index (κ2) is 8.04. The number of amides is 1. The van der Waals surface area contributed by atoms with E-state index in [9.17, 15) is 9.90 Å². The van der Waals surface area contributed by atoms with E-state index in [4.69, 9.17) is 21.1 Å². The fourth-order valence-electron chi connectivity index (χ4n) is 2.32. The predicted octanol–water partition coefficient (Wildman–Crippen LogP) is 3.16. The van der Waals surface area contributed by atoms with Crippen LogP contribution < -0.4 is 9.47 Å². The van der Waals surface area contributed by atoms with Gasteiger partial charge in [0, 0.05) is 17.6 Å². The molecule has 2 rings (SSSR count). The lowest BCUT2D eigenvalue weighted by molar-refractivity contribution is 0.0680. The van der Waals surface area contributed by atoms with Gasteiger partial charge < -0.3 is 19.5 Å². The molecule has 24 heavy (non-hydrogen) atoms. The van der Waals surface area contributed by atoms with Crippen LogP contribution in [0.25, 0.3) is 0 Å². The van der Waals surface area contributed by atoms with Gasteiger partial charge in [-0.15, -0.1) is 0 Å². The Kier molecular flexibility index (Phi) is 6.06. The van der Waals surface area contributed by atoms with Gasteiger partial charge in [0.05, 0.1) is 26.9 Å². The quantitative estimate of drug-likeness (QED) is 0.870. The molecule has 0 aliphatic heterocycles. The Bertz CT molecular complexity index is 703. The maximum atomic E-state index is 12.4. The largest absolute Gasteiger partial charge is 0.493 e. The summed E-state index contributed by atoms with van der Waals surface area (Å²) in [5, 5.41) is 11.0. The van der Waals surface area contributed by atoms with Crippen LogP contribution >= 0.6 is 11.6 Å². The first-order valence-electron chi connectivity index (χ1n) is 7.37. The van der Waals surface area contributed by atoms with Crippen molar-refractivity contribution in [2.24, 2.45) is 0 Å². The normalized spacial score (nSPS) is 11.7. The van der Waals surface area contributed by atoms with Crippen LogP contribution in [0.15, 0.2) is 42.5 Å². The number of aliphatic hydroxyl groups is 1. The number of halogens is 1. The highest BCUT2D eigenvalue weighted by Crippen LogP contribution is 2.30. The first-order valence-corrected chi connectivity index (χ1v) is 7.75. The summed E-state index contributed by atoms with van der Waals surface area (Å²) in [6.07, 6.45) is -0.842. The van der Waals surface area contributed by atoms with Gasteiger partial charge in [-0.1, -0.05) is 17.7 Å². The molecule has 0 aliphatic carbocycles. The van der Waals surface area contributed by atoms with Crippen LogP contribution in [0, 0.1) is 0 Å². The Hall–Kier alpha value is -2.24. The first kappa shape index (κ1) is 18.1. The van der Waals surface area contributed by atoms with Crippen molar-refractivity contribution in [2.75, 3.05) is 27.8 Å². The molecular formula is C18H20ClNO4. The standard InChI is InChI=1S/C18H20ClNO4/c1-20(18(22)12-4-7-14(19)8-5-12)11-15(21)13-6-9-16(23-2)17(10-13)24-3/h4-10,15,21H,11H2,1-3H3. The van der Waals surface area contributed by atoms with Crippen LogP contribution in [-0.2, 0) is 0 Å². The lowest BCUT2D eigenvalue weighted by Crippen LogP contribution is -2.31. The average molecular weight is 350 g/mol. The molecule has 0 bridgehead atoms. The molecule has 0 saturated heterocycles. The minimum atomic E-state index is -0.842. The van der Waals surface area contributed by atoms with E-state index in [-0.39, 0.29) is 12.5 Å². The monoisotopic (exact) mass is 349 g/mol. The van der Waals surface area contributed by atoms with Crippen molar-refractivity contribution in [3.63, 3.8) is 0 Å². The van der Waals surface area contributed by atoms with Crippen LogP contribution in [0.2, 0.25) is 5.02 Å². The van der Waals surface area contributed by atoms with Crippen molar-refractivity contribution in [1.29, 1.82) is 0 Å². The third-order valence-corrected chi connectivity index (χ3v) is 3.93. The number of ether oxygens (including phenoxy) is 2. The molecule has 1 atom stereocenters. The van der Waals surface area contributed by atoms with Crippen LogP contribution in [0.3, 0.4) is 0 Å². The van der Waals surface area contributed by atoms with Gasteiger partial charge in [0.1, 0.15) is 0 Å². The van der Waals surface area contributed by atoms with Gasteiger partial charge in [-0.3, -0.25) is 4.79 Å². The Balaban J connectivity index is 2.09. The minimum absolute atomic E-state index is 0.150. The van der Waals surface area contributed by atoms with Gasteiger partial charge in [-0.05, 0) is 42.0 Å². The highest BCUT2D eigenvalue weighted by molar-refractivity contribution is 6.30. The Labute approximate surface area is 146 Å². The average Bonchev–Trinajstić information content (AvgIpc) is 2.60. The van der Waals surface area contributed by atoms with Crippen molar-refractivity contribution in [2.45, 2.75) is 6.10 Å². The smallest absolute Gasteiger partial charge is 0.253 e. The third kappa shape index (κ3) is 4.19. The number of carbonyl (C=O) groups is 1. The van der Waals surface area contributed by atoms with Gasteiger partial charge >= 0.3 is 0 Å². The summed E-state index contributed by atoms with van der Waals surface area (Å²) < 4.78 is 10.4. The molecule has 2 aromatic carbocycles. The van der Waals surface area contributed by atoms with Crippen molar-refractivity contribution in [1.82, 2.24) is 4.90 Å². The van der Waals surface area contributed by atoms with E-state index in [0.29, 0.717) is 27.6 Å². The summed E-state index contributed by atoms with van der Waals surface area (Å²) >= 11 is 5.83. The zero-order valence-corrected chi connectivity index (χ0v) is 14.6. The molecule has 5 nitrogen and oxygen atoms in total. The lowest BCUT2D eigenvalue weighted by Gasteiger charge is -2.22. The van der Waals surface area contributed by atoms with Crippen LogP contribution in [0.1, 0.15) is 22.0 Å². The van der Waals surface area contributed by atoms with Crippen molar-refractivity contribution >= 4 is 17.5 Å². The van der Waals surface area contributed by atoms with Crippen molar-refractivity contribution < 1.29 is 19.4 Å². The van der Waals surface area contributed by atoms with Gasteiger partial charge in [0.2, 0.25) is 0 Å². The number of carbonyl (C=O) groups excluding carboxylic acids is 1. The van der Waals surface area contributed by atoms with Crippen LogP contribution in [-0.4, -0.2) is 43.7 Å². The van der Waals surface area contributed by atoms with E-state index in [1.54, 1.807) is 56.6 Å². The number of nitrogens with zero attached hydrogens (tertiary/aromatic N) is 1. The molecule has 0 saturated carbocycles. The van der Waals surface area contributed by atoms with E-state index >= 15 is 0 Å². The van der Waals surface area contributed by atoms with E-state index in [1.807, 2.05) is 0 Å². The lowest BCUT2D eigenvalue weighted by atomic mass is 10.1. The minimum Gasteiger partial charge on any atom is -0.493 e. The van der Waals surface area contributed by atoms with E-state index in [1.165, 1.54) is 12.0 Å². The second-order valence-corrected chi connectivity index (χ2v) is 5.76. The molecule has 6 heteroatoms. The number of hydrogen-bond acceptors (Lipinski definition) is 4. The molecule has 0 aliphatic rings. The SMILES string of the molecule is COc1ccc(C(O)CN(C)C(=O)c2ccc(Cl)cc2)cc1OC. The summed E-state index contributed by atoms with van der Waals surface area (Å²) in [5.41, 5.74) is 1.16. The van der Waals surface area contributed by atoms with E-state index in [2.05, 4.69) is 0 Å². The maximum Gasteiger partial charge on any atom is 0.253 e. The number of rotatable bonds is 6. The molecule has 0 radical (unpaired) electrons. The Morgan fingerprint density at radius 1 is 1.12 bits per heavy atom. The van der Waals surface area contributed by atoms with Crippen molar-refractivity contribution in [3.05, 3.63) is 58.6 Å². The predicted molar refractivity (Wildman–Crippen MR) is 92.9 cm³/mol. The summed E-state index contributed by atoms with van der Waals surface area (Å²) in [6, 6.07) is 11.8. The molecule has 1 unspecified atom stereocenters. The molecule has 0 heterocycles. The number of aliphatic hydroxyl groups excluding tert-OH is 1. The van der Waals surface area contributed by atoms with Crippen LogP contribution in [0.4, 0.5) is 0 Å². The zero-order valence-electron chi connectivity index (χ0n) is 13.8. The number of benzene rings is 2. The summed E-state index contributed by atoms with van der Waals surface area (Å²) in [4.78, 5) is 13.8. The highest BCUT2D eigenvalue weighted by atomic mass is 35.5. The highest BCUT2D eigenvalue weighted by Gasteiger charge is 2.18.